The second-order valence-electron chi connectivity index (χ2n) is 11.3. The number of hydrogen-bond donors (Lipinski definition) is 6. The molecule has 0 heterocycles. The molecule has 0 unspecified atom stereocenters. The number of anilines is 4. The van der Waals surface area contributed by atoms with Gasteiger partial charge in [0.05, 0.1) is 11.4 Å². The third-order valence-electron chi connectivity index (χ3n) is 7.83. The van der Waals surface area contributed by atoms with Crippen LogP contribution in [0.2, 0.25) is 0 Å². The number of halogens is 4. The monoisotopic (exact) mass is 939 g/mol. The molecule has 0 fully saturated rings. The Labute approximate surface area is 339 Å². The summed E-state index contributed by atoms with van der Waals surface area (Å²) in [6.07, 6.45) is 11.7. The molecule has 2 aliphatic carbocycles. The van der Waals surface area contributed by atoms with Crippen LogP contribution in [-0.4, -0.2) is 11.4 Å². The maximum Gasteiger partial charge on any atom is 2.00 e. The van der Waals surface area contributed by atoms with Gasteiger partial charge >= 0.3 is 21.1 Å². The molecule has 0 radical (unpaired) electrons. The maximum absolute atomic E-state index is 7.88. The third-order valence-corrected chi connectivity index (χ3v) is 7.83. The first-order valence-electron chi connectivity index (χ1n) is 14.9. The fraction of sp³-hybridized carbons (Fsp3) is 0.0500. The maximum atomic E-state index is 7.88. The van der Waals surface area contributed by atoms with Gasteiger partial charge in [0.15, 0.2) is 0 Å². The standard InChI is InChI=1S/2C20H19N3.4ClH.Pt/c2*1-13-12-16(6-11-19(13)23)20(14-2-7-17(21)8-3-14)15-4-9-18(22)10-5-15;;;;;/h2*2-12,23H,21-22H2,1H3;4*1H;/q;;;;;;+2/p-2. The average Bonchev–Trinajstić information content (AvgIpc) is 3.05. The summed E-state index contributed by atoms with van der Waals surface area (Å²) in [6, 6.07) is 31.4. The Bertz CT molecular complexity index is 1750. The summed E-state index contributed by atoms with van der Waals surface area (Å²) in [5.74, 6) is 0. The molecule has 0 atom stereocenters. The first-order valence-corrected chi connectivity index (χ1v) is 14.9. The molecule has 6 rings (SSSR count). The molecule has 0 saturated heterocycles. The summed E-state index contributed by atoms with van der Waals surface area (Å²) in [4.78, 5) is 0. The van der Waals surface area contributed by atoms with Gasteiger partial charge in [-0.1, -0.05) is 60.7 Å². The Balaban J connectivity index is 0.000000893. The van der Waals surface area contributed by atoms with E-state index in [4.69, 9.17) is 33.8 Å². The van der Waals surface area contributed by atoms with Crippen LogP contribution in [0.4, 0.5) is 22.7 Å². The number of nitrogen functional groups attached to an aromatic ring is 4. The normalized spacial score (nSPS) is 12.5. The number of rotatable bonds is 4. The van der Waals surface area contributed by atoms with E-state index in [1.54, 1.807) is 0 Å². The number of nitrogens with one attached hydrogen (secondary N) is 2. The van der Waals surface area contributed by atoms with Crippen LogP contribution in [0, 0.1) is 10.8 Å². The molecule has 0 aromatic heterocycles. The molecule has 11 heteroatoms. The molecule has 6 nitrogen and oxygen atoms in total. The van der Waals surface area contributed by atoms with Crippen LogP contribution >= 0.6 is 24.8 Å². The molecule has 10 N–H and O–H groups in total. The predicted molar refractivity (Wildman–Crippen MR) is 211 cm³/mol. The van der Waals surface area contributed by atoms with Crippen molar-refractivity contribution in [3.05, 3.63) is 178 Å². The van der Waals surface area contributed by atoms with Gasteiger partial charge in [0.25, 0.3) is 0 Å². The van der Waals surface area contributed by atoms with E-state index in [2.05, 4.69) is 0 Å². The van der Waals surface area contributed by atoms with Crippen molar-refractivity contribution in [1.29, 1.82) is 10.8 Å². The van der Waals surface area contributed by atoms with Crippen LogP contribution in [0.3, 0.4) is 0 Å². The topological polar surface area (TPSA) is 152 Å². The van der Waals surface area contributed by atoms with Gasteiger partial charge in [0.1, 0.15) is 0 Å². The Hall–Kier alpha value is -4.29. The van der Waals surface area contributed by atoms with E-state index in [-0.39, 0.29) is 70.7 Å². The summed E-state index contributed by atoms with van der Waals surface area (Å²) in [5.41, 5.74) is 37.9. The zero-order valence-electron chi connectivity index (χ0n) is 27.9. The van der Waals surface area contributed by atoms with E-state index < -0.39 is 0 Å². The van der Waals surface area contributed by atoms with E-state index in [1.165, 1.54) is 0 Å². The summed E-state index contributed by atoms with van der Waals surface area (Å²) >= 11 is 0. The largest absolute Gasteiger partial charge is 2.00 e. The molecule has 51 heavy (non-hydrogen) atoms. The van der Waals surface area contributed by atoms with Crippen molar-refractivity contribution in [2.45, 2.75) is 13.8 Å². The van der Waals surface area contributed by atoms with Gasteiger partial charge in [-0.3, -0.25) is 0 Å². The summed E-state index contributed by atoms with van der Waals surface area (Å²) in [7, 11) is 0. The van der Waals surface area contributed by atoms with Crippen LogP contribution in [0.1, 0.15) is 36.1 Å². The summed E-state index contributed by atoms with van der Waals surface area (Å²) in [6.45, 7) is 3.91. The van der Waals surface area contributed by atoms with Gasteiger partial charge in [-0.25, -0.2) is 0 Å². The Morgan fingerprint density at radius 3 is 0.824 bits per heavy atom. The minimum atomic E-state index is 0. The molecule has 0 saturated carbocycles. The zero-order chi connectivity index (χ0) is 32.8. The number of hydrogen-bond acceptors (Lipinski definition) is 6. The van der Waals surface area contributed by atoms with Crippen molar-refractivity contribution in [1.82, 2.24) is 0 Å². The van der Waals surface area contributed by atoms with Crippen LogP contribution in [0.25, 0.3) is 11.1 Å². The molecule has 0 bridgehead atoms. The van der Waals surface area contributed by atoms with Gasteiger partial charge in [0.2, 0.25) is 0 Å². The van der Waals surface area contributed by atoms with Gasteiger partial charge in [-0.15, -0.1) is 24.8 Å². The number of allylic oxidation sites excluding steroid dienone is 10. The first-order chi connectivity index (χ1) is 22.1. The quantitative estimate of drug-likeness (QED) is 0.174. The molecule has 4 aromatic carbocycles. The summed E-state index contributed by atoms with van der Waals surface area (Å²) in [5, 5.41) is 15.8. The fourth-order valence-electron chi connectivity index (χ4n) is 5.24. The van der Waals surface area contributed by atoms with Gasteiger partial charge < -0.3 is 58.6 Å². The molecule has 0 spiro atoms. The van der Waals surface area contributed by atoms with E-state index in [0.29, 0.717) is 11.4 Å². The smallest absolute Gasteiger partial charge is 1.00 e. The van der Waals surface area contributed by atoms with Crippen LogP contribution in [-0.2, 0) is 21.1 Å². The summed E-state index contributed by atoms with van der Waals surface area (Å²) < 4.78 is 0. The average molecular weight is 942 g/mol. The second kappa shape index (κ2) is 21.2. The molecule has 4 aromatic rings. The van der Waals surface area contributed by atoms with E-state index >= 15 is 0 Å². The molecular weight excluding hydrogens is 901 g/mol. The minimum Gasteiger partial charge on any atom is -1.00 e. The van der Waals surface area contributed by atoms with Crippen molar-refractivity contribution >= 4 is 70.1 Å². The molecule has 0 aliphatic heterocycles. The van der Waals surface area contributed by atoms with Gasteiger partial charge in [-0.2, -0.15) is 0 Å². The minimum absolute atomic E-state index is 0. The fourth-order valence-corrected chi connectivity index (χ4v) is 5.24. The van der Waals surface area contributed by atoms with Crippen molar-refractivity contribution in [2.75, 3.05) is 22.9 Å². The van der Waals surface area contributed by atoms with Crippen molar-refractivity contribution in [2.24, 2.45) is 0 Å². The van der Waals surface area contributed by atoms with Crippen LogP contribution in [0.15, 0.2) is 156 Å². The Morgan fingerprint density at radius 1 is 0.412 bits per heavy atom. The number of benzene rings is 4. The molecular formula is C40H40Cl4N6Pt. The van der Waals surface area contributed by atoms with Crippen molar-refractivity contribution in [3.63, 3.8) is 0 Å². The molecule has 0 amide bonds. The predicted octanol–water partition coefficient (Wildman–Crippen LogP) is 3.23. The van der Waals surface area contributed by atoms with Crippen LogP contribution < -0.4 is 47.7 Å². The van der Waals surface area contributed by atoms with Gasteiger partial charge in [0, 0.05) is 22.7 Å². The Kier molecular flexibility index (Phi) is 19.4. The van der Waals surface area contributed by atoms with Crippen molar-refractivity contribution in [3.8, 4) is 0 Å². The third kappa shape index (κ3) is 11.9. The Morgan fingerprint density at radius 2 is 0.627 bits per heavy atom. The molecule has 268 valence electrons. The zero-order valence-corrected chi connectivity index (χ0v) is 33.3. The van der Waals surface area contributed by atoms with E-state index in [1.807, 2.05) is 147 Å². The van der Waals surface area contributed by atoms with Gasteiger partial charge in [-0.05, 0) is 142 Å². The van der Waals surface area contributed by atoms with Crippen LogP contribution in [0.5, 0.6) is 0 Å². The SMILES string of the molecule is CC1=CC(=C(c2ccc(N)cc2)c2ccc(N)cc2)C=CC1=N.CC1=CC(=C(c2ccc(N)cc2)c2ccc(N)cc2)C=CC1=N.Cl.Cl.[Cl-].[Cl-].[Pt+2]. The molecule has 2 aliphatic rings. The van der Waals surface area contributed by atoms with E-state index in [9.17, 15) is 0 Å². The second-order valence-corrected chi connectivity index (χ2v) is 11.3. The first kappa shape index (κ1) is 46.7. The number of nitrogens with two attached hydrogens (primary N) is 4. The van der Waals surface area contributed by atoms with Crippen molar-refractivity contribution < 1.29 is 45.9 Å². The van der Waals surface area contributed by atoms with E-state index in [0.717, 1.165) is 78.4 Å².